The van der Waals surface area contributed by atoms with Gasteiger partial charge in [-0.25, -0.2) is 0 Å². The lowest BCUT2D eigenvalue weighted by atomic mass is 9.96. The fraction of sp³-hybridized carbons (Fsp3) is 0.846. The molecule has 1 aliphatic rings. The van der Waals surface area contributed by atoms with Crippen LogP contribution in [0.4, 0.5) is 0 Å². The highest BCUT2D eigenvalue weighted by molar-refractivity contribution is 5.00. The van der Waals surface area contributed by atoms with Gasteiger partial charge in [-0.1, -0.05) is 25.9 Å². The summed E-state index contributed by atoms with van der Waals surface area (Å²) in [6.07, 6.45) is 1.16. The Morgan fingerprint density at radius 2 is 2.22 bits per heavy atom. The van der Waals surface area contributed by atoms with E-state index in [0.717, 1.165) is 31.9 Å². The fourth-order valence-corrected chi connectivity index (χ4v) is 2.25. The molecule has 2 rings (SSSR count). The van der Waals surface area contributed by atoms with E-state index in [1.165, 1.54) is 0 Å². The van der Waals surface area contributed by atoms with E-state index in [0.29, 0.717) is 11.8 Å². The van der Waals surface area contributed by atoms with Crippen molar-refractivity contribution in [2.24, 2.45) is 11.7 Å². The van der Waals surface area contributed by atoms with Crippen LogP contribution in [0.2, 0.25) is 0 Å². The van der Waals surface area contributed by atoms with Crippen LogP contribution in [0, 0.1) is 5.92 Å². The molecule has 0 bridgehead atoms. The van der Waals surface area contributed by atoms with Crippen LogP contribution in [-0.2, 0) is 12.0 Å². The molecule has 1 aromatic heterocycles. The second-order valence-corrected chi connectivity index (χ2v) is 6.40. The lowest BCUT2D eigenvalue weighted by molar-refractivity contribution is 0.255. The van der Waals surface area contributed by atoms with Crippen LogP contribution in [0.15, 0.2) is 4.52 Å². The number of aromatic nitrogens is 2. The number of nitrogens with two attached hydrogens (primary N) is 1. The molecule has 2 atom stereocenters. The third-order valence-corrected chi connectivity index (χ3v) is 3.55. The molecule has 18 heavy (non-hydrogen) atoms. The normalized spacial score (nSPS) is 23.5. The van der Waals surface area contributed by atoms with Gasteiger partial charge in [-0.15, -0.1) is 0 Å². The predicted octanol–water partition coefficient (Wildman–Crippen LogP) is 1.54. The summed E-state index contributed by atoms with van der Waals surface area (Å²) in [5, 5.41) is 4.05. The largest absolute Gasteiger partial charge is 0.338 e. The highest BCUT2D eigenvalue weighted by Gasteiger charge is 2.27. The maximum absolute atomic E-state index is 5.94. The zero-order chi connectivity index (χ0) is 13.3. The molecule has 0 spiro atoms. The van der Waals surface area contributed by atoms with Gasteiger partial charge in [-0.2, -0.15) is 4.98 Å². The van der Waals surface area contributed by atoms with Crippen molar-refractivity contribution in [3.8, 4) is 0 Å². The first-order chi connectivity index (χ1) is 8.36. The van der Waals surface area contributed by atoms with Crippen LogP contribution in [-0.4, -0.2) is 34.2 Å². The summed E-state index contributed by atoms with van der Waals surface area (Å²) in [4.78, 5) is 6.81. The fourth-order valence-electron chi connectivity index (χ4n) is 2.25. The van der Waals surface area contributed by atoms with Crippen LogP contribution in [0.1, 0.15) is 45.8 Å². The number of nitrogens with zero attached hydrogens (tertiary/aromatic N) is 3. The minimum Gasteiger partial charge on any atom is -0.338 e. The third-order valence-electron chi connectivity index (χ3n) is 3.55. The Hall–Kier alpha value is -0.940. The van der Waals surface area contributed by atoms with Crippen LogP contribution in [0.5, 0.6) is 0 Å². The molecule has 0 amide bonds. The van der Waals surface area contributed by atoms with Crippen molar-refractivity contribution in [1.82, 2.24) is 15.0 Å². The summed E-state index contributed by atoms with van der Waals surface area (Å²) in [5.41, 5.74) is 5.88. The summed E-state index contributed by atoms with van der Waals surface area (Å²) >= 11 is 0. The molecule has 5 heteroatoms. The van der Waals surface area contributed by atoms with Gasteiger partial charge in [-0.05, 0) is 25.8 Å². The van der Waals surface area contributed by atoms with Crippen molar-refractivity contribution in [3.05, 3.63) is 11.7 Å². The Balaban J connectivity index is 1.93. The minimum atomic E-state index is -0.0545. The van der Waals surface area contributed by atoms with Crippen LogP contribution >= 0.6 is 0 Å². The van der Waals surface area contributed by atoms with Gasteiger partial charge in [0.2, 0.25) is 5.89 Å². The van der Waals surface area contributed by atoms with E-state index in [2.05, 4.69) is 42.7 Å². The highest BCUT2D eigenvalue weighted by Crippen LogP contribution is 2.22. The molecular formula is C13H24N4O. The zero-order valence-electron chi connectivity index (χ0n) is 11.8. The van der Waals surface area contributed by atoms with Gasteiger partial charge in [-0.3, -0.25) is 4.90 Å². The van der Waals surface area contributed by atoms with Crippen molar-refractivity contribution in [3.63, 3.8) is 0 Å². The number of hydrogen-bond acceptors (Lipinski definition) is 5. The minimum absolute atomic E-state index is 0.0545. The molecule has 1 aromatic rings. The van der Waals surface area contributed by atoms with Crippen LogP contribution < -0.4 is 5.73 Å². The first kappa shape index (κ1) is 13.5. The van der Waals surface area contributed by atoms with E-state index < -0.39 is 0 Å². The van der Waals surface area contributed by atoms with Crippen LogP contribution in [0.3, 0.4) is 0 Å². The highest BCUT2D eigenvalue weighted by atomic mass is 16.5. The van der Waals surface area contributed by atoms with Crippen molar-refractivity contribution in [2.75, 3.05) is 13.1 Å². The SMILES string of the molecule is CC(N)C1CCN(Cc2nc(C(C)(C)C)no2)C1. The summed E-state index contributed by atoms with van der Waals surface area (Å²) in [6.45, 7) is 11.2. The Morgan fingerprint density at radius 3 is 2.72 bits per heavy atom. The Kier molecular flexibility index (Phi) is 3.73. The summed E-state index contributed by atoms with van der Waals surface area (Å²) in [6, 6.07) is 0.267. The molecule has 2 N–H and O–H groups in total. The zero-order valence-corrected chi connectivity index (χ0v) is 11.8. The Bertz CT molecular complexity index is 394. The molecule has 2 unspecified atom stereocenters. The average molecular weight is 252 g/mol. The first-order valence-electron chi connectivity index (χ1n) is 6.67. The van der Waals surface area contributed by atoms with E-state index in [9.17, 15) is 0 Å². The maximum atomic E-state index is 5.94. The quantitative estimate of drug-likeness (QED) is 0.883. The van der Waals surface area contributed by atoms with Crippen molar-refractivity contribution >= 4 is 0 Å². The van der Waals surface area contributed by atoms with Gasteiger partial charge in [0, 0.05) is 18.0 Å². The standard InChI is InChI=1S/C13H24N4O/c1-9(14)10-5-6-17(7-10)8-11-15-12(16-18-11)13(2,3)4/h9-10H,5-8,14H2,1-4H3. The second-order valence-electron chi connectivity index (χ2n) is 6.40. The van der Waals surface area contributed by atoms with Crippen molar-refractivity contribution < 1.29 is 4.52 Å². The van der Waals surface area contributed by atoms with E-state index >= 15 is 0 Å². The number of rotatable bonds is 3. The molecule has 0 radical (unpaired) electrons. The van der Waals surface area contributed by atoms with E-state index in [-0.39, 0.29) is 11.5 Å². The number of likely N-dealkylation sites (tertiary alicyclic amines) is 1. The molecule has 0 saturated carbocycles. The molecular weight excluding hydrogens is 228 g/mol. The Labute approximate surface area is 109 Å². The van der Waals surface area contributed by atoms with E-state index in [1.54, 1.807) is 0 Å². The molecule has 2 heterocycles. The van der Waals surface area contributed by atoms with E-state index in [1.807, 2.05) is 0 Å². The summed E-state index contributed by atoms with van der Waals surface area (Å²) in [7, 11) is 0. The number of hydrogen-bond donors (Lipinski definition) is 1. The van der Waals surface area contributed by atoms with Gasteiger partial charge in [0.1, 0.15) is 0 Å². The van der Waals surface area contributed by atoms with Gasteiger partial charge in [0.25, 0.3) is 0 Å². The molecule has 1 aliphatic heterocycles. The summed E-state index contributed by atoms with van der Waals surface area (Å²) < 4.78 is 5.31. The maximum Gasteiger partial charge on any atom is 0.240 e. The molecule has 102 valence electrons. The molecule has 1 saturated heterocycles. The topological polar surface area (TPSA) is 68.2 Å². The molecule has 5 nitrogen and oxygen atoms in total. The van der Waals surface area contributed by atoms with Gasteiger partial charge in [0.05, 0.1) is 6.54 Å². The van der Waals surface area contributed by atoms with Gasteiger partial charge in [0.15, 0.2) is 5.82 Å². The van der Waals surface area contributed by atoms with Crippen LogP contribution in [0.25, 0.3) is 0 Å². The van der Waals surface area contributed by atoms with Crippen molar-refractivity contribution in [2.45, 2.75) is 52.1 Å². The monoisotopic (exact) mass is 252 g/mol. The van der Waals surface area contributed by atoms with Crippen molar-refractivity contribution in [1.29, 1.82) is 0 Å². The third kappa shape index (κ3) is 3.09. The average Bonchev–Trinajstić information content (AvgIpc) is 2.85. The second kappa shape index (κ2) is 4.97. The van der Waals surface area contributed by atoms with Gasteiger partial charge < -0.3 is 10.3 Å². The van der Waals surface area contributed by atoms with E-state index in [4.69, 9.17) is 10.3 Å². The first-order valence-corrected chi connectivity index (χ1v) is 6.67. The lowest BCUT2D eigenvalue weighted by Gasteiger charge is -2.15. The molecule has 0 aromatic carbocycles. The van der Waals surface area contributed by atoms with Gasteiger partial charge >= 0.3 is 0 Å². The lowest BCUT2D eigenvalue weighted by Crippen LogP contribution is -2.29. The molecule has 0 aliphatic carbocycles. The Morgan fingerprint density at radius 1 is 1.50 bits per heavy atom. The smallest absolute Gasteiger partial charge is 0.240 e. The predicted molar refractivity (Wildman–Crippen MR) is 70.0 cm³/mol. The molecule has 1 fully saturated rings. The summed E-state index contributed by atoms with van der Waals surface area (Å²) in [5.74, 6) is 2.08.